The predicted octanol–water partition coefficient (Wildman–Crippen LogP) is 9.20. The van der Waals surface area contributed by atoms with Crippen molar-refractivity contribution >= 4 is 27.1 Å². The second kappa shape index (κ2) is 9.74. The topological polar surface area (TPSA) is 24.9 Å². The molecule has 0 amide bonds. The molecule has 2 heteroatoms. The first kappa shape index (κ1) is 23.2. The van der Waals surface area contributed by atoms with Crippen LogP contribution in [0, 0.1) is 6.92 Å². The first-order valence-electron chi connectivity index (χ1n) is 13.4. The van der Waals surface area contributed by atoms with Crippen LogP contribution < -0.4 is 5.32 Å². The molecule has 6 aromatic rings. The summed E-state index contributed by atoms with van der Waals surface area (Å²) in [4.78, 5) is 4.69. The van der Waals surface area contributed by atoms with E-state index in [1.54, 1.807) is 0 Å². The van der Waals surface area contributed by atoms with Crippen molar-refractivity contribution < 1.29 is 0 Å². The van der Waals surface area contributed by atoms with Crippen molar-refractivity contribution in [2.45, 2.75) is 6.92 Å². The number of aromatic nitrogens is 1. The highest BCUT2D eigenvalue weighted by molar-refractivity contribution is 6.21. The van der Waals surface area contributed by atoms with Crippen LogP contribution in [0.25, 0.3) is 60.6 Å². The van der Waals surface area contributed by atoms with Crippen molar-refractivity contribution in [3.8, 4) is 33.5 Å². The van der Waals surface area contributed by atoms with E-state index in [0.717, 1.165) is 17.8 Å². The van der Waals surface area contributed by atoms with Crippen molar-refractivity contribution in [1.29, 1.82) is 0 Å². The van der Waals surface area contributed by atoms with Crippen LogP contribution in [-0.2, 0) is 0 Å². The zero-order valence-electron chi connectivity index (χ0n) is 21.9. The molecule has 0 unspecified atom stereocenters. The Hall–Kier alpha value is -4.95. The maximum absolute atomic E-state index is 4.69. The van der Waals surface area contributed by atoms with Gasteiger partial charge in [-0.3, -0.25) is 4.98 Å². The van der Waals surface area contributed by atoms with Crippen molar-refractivity contribution in [1.82, 2.24) is 10.3 Å². The fraction of sp³-hybridized carbons (Fsp3) is 0.0541. The summed E-state index contributed by atoms with van der Waals surface area (Å²) in [6, 6.07) is 39.6. The Kier molecular flexibility index (Phi) is 5.79. The molecule has 39 heavy (non-hydrogen) atoms. The van der Waals surface area contributed by atoms with Gasteiger partial charge in [-0.15, -0.1) is 0 Å². The normalized spacial score (nSPS) is 12.9. The Morgan fingerprint density at radius 2 is 1.21 bits per heavy atom. The molecular formula is C37H28N2. The van der Waals surface area contributed by atoms with E-state index in [-0.39, 0.29) is 0 Å². The van der Waals surface area contributed by atoms with Crippen LogP contribution in [-0.4, -0.2) is 11.5 Å². The summed E-state index contributed by atoms with van der Waals surface area (Å²) in [5, 5.41) is 8.28. The average molecular weight is 501 g/mol. The monoisotopic (exact) mass is 500 g/mol. The third-order valence-electron chi connectivity index (χ3n) is 7.69. The number of rotatable bonds is 4. The van der Waals surface area contributed by atoms with Crippen LogP contribution >= 0.6 is 0 Å². The number of fused-ring (bicyclic) bond motifs is 2. The molecule has 0 fully saturated rings. The number of pyridine rings is 1. The Bertz CT molecular complexity index is 1850. The van der Waals surface area contributed by atoms with Crippen LogP contribution in [0.2, 0.25) is 0 Å². The average Bonchev–Trinajstić information content (AvgIpc) is 3.00. The molecule has 0 bridgehead atoms. The number of allylic oxidation sites excluding steroid dienone is 2. The van der Waals surface area contributed by atoms with E-state index in [9.17, 15) is 0 Å². The lowest BCUT2D eigenvalue weighted by Crippen LogP contribution is -2.08. The molecule has 7 rings (SSSR count). The van der Waals surface area contributed by atoms with Crippen LogP contribution in [0.4, 0.5) is 0 Å². The minimum Gasteiger partial charge on any atom is -0.387 e. The minimum absolute atomic E-state index is 0.866. The smallest absolute Gasteiger partial charge is 0.0731 e. The predicted molar refractivity (Wildman–Crippen MR) is 165 cm³/mol. The summed E-state index contributed by atoms with van der Waals surface area (Å²) in [7, 11) is 0. The van der Waals surface area contributed by atoms with Crippen molar-refractivity contribution in [3.05, 3.63) is 145 Å². The van der Waals surface area contributed by atoms with Gasteiger partial charge in [-0.1, -0.05) is 103 Å². The number of nitrogens with one attached hydrogen (secondary N) is 1. The Morgan fingerprint density at radius 3 is 1.82 bits per heavy atom. The van der Waals surface area contributed by atoms with Crippen LogP contribution in [0.3, 0.4) is 0 Å². The molecule has 1 N–H and O–H groups in total. The van der Waals surface area contributed by atoms with E-state index >= 15 is 0 Å². The van der Waals surface area contributed by atoms with Crippen LogP contribution in [0.15, 0.2) is 134 Å². The molecule has 2 heterocycles. The summed E-state index contributed by atoms with van der Waals surface area (Å²) >= 11 is 0. The van der Waals surface area contributed by atoms with Gasteiger partial charge in [-0.2, -0.15) is 0 Å². The van der Waals surface area contributed by atoms with Crippen molar-refractivity contribution in [3.63, 3.8) is 0 Å². The van der Waals surface area contributed by atoms with Crippen LogP contribution in [0.1, 0.15) is 11.1 Å². The highest BCUT2D eigenvalue weighted by atomic mass is 14.8. The van der Waals surface area contributed by atoms with E-state index < -0.39 is 0 Å². The van der Waals surface area contributed by atoms with Gasteiger partial charge in [0.1, 0.15) is 0 Å². The highest BCUT2D eigenvalue weighted by Gasteiger charge is 2.17. The van der Waals surface area contributed by atoms with Crippen molar-refractivity contribution in [2.75, 3.05) is 6.54 Å². The summed E-state index contributed by atoms with van der Waals surface area (Å²) in [5.74, 6) is 0. The van der Waals surface area contributed by atoms with Gasteiger partial charge in [0.05, 0.1) is 5.69 Å². The molecule has 1 aliphatic heterocycles. The number of hydrogen-bond acceptors (Lipinski definition) is 2. The van der Waals surface area contributed by atoms with Gasteiger partial charge in [0.15, 0.2) is 0 Å². The maximum atomic E-state index is 4.69. The van der Waals surface area contributed by atoms with Crippen LogP contribution in [0.5, 0.6) is 0 Å². The van der Waals surface area contributed by atoms with Crippen molar-refractivity contribution in [2.24, 2.45) is 0 Å². The third-order valence-corrected chi connectivity index (χ3v) is 7.69. The summed E-state index contributed by atoms with van der Waals surface area (Å²) < 4.78 is 0. The zero-order valence-corrected chi connectivity index (χ0v) is 21.9. The molecule has 0 saturated heterocycles. The van der Waals surface area contributed by atoms with Gasteiger partial charge in [0.25, 0.3) is 0 Å². The largest absolute Gasteiger partial charge is 0.387 e. The minimum atomic E-state index is 0.866. The standard InChI is InChI=1S/C37H28N2/c1-25-8-7-21-39-37(25)30-10-6-9-29(24-30)36-33-13-4-2-11-31(33)35(32-12-3-5-14-34(32)36)28-17-15-26(16-18-28)27-19-22-38-23-20-27/h2-22,24,38H,23H2,1H3. The Morgan fingerprint density at radius 1 is 0.590 bits per heavy atom. The lowest BCUT2D eigenvalue weighted by molar-refractivity contribution is 0.976. The van der Waals surface area contributed by atoms with E-state index in [4.69, 9.17) is 4.98 Å². The highest BCUT2D eigenvalue weighted by Crippen LogP contribution is 2.44. The molecule has 1 aliphatic rings. The molecule has 2 nitrogen and oxygen atoms in total. The molecule has 0 saturated carbocycles. The Balaban J connectivity index is 1.46. The van der Waals surface area contributed by atoms with E-state index in [1.807, 2.05) is 18.5 Å². The number of hydrogen-bond donors (Lipinski definition) is 1. The van der Waals surface area contributed by atoms with Gasteiger partial charge in [-0.05, 0) is 91.8 Å². The summed E-state index contributed by atoms with van der Waals surface area (Å²) in [5.41, 5.74) is 10.8. The number of nitrogens with zero attached hydrogens (tertiary/aromatic N) is 1. The lowest BCUT2D eigenvalue weighted by atomic mass is 9.85. The van der Waals surface area contributed by atoms with Gasteiger partial charge < -0.3 is 5.32 Å². The second-order valence-corrected chi connectivity index (χ2v) is 10.1. The van der Waals surface area contributed by atoms with Gasteiger partial charge >= 0.3 is 0 Å². The molecule has 186 valence electrons. The van der Waals surface area contributed by atoms with E-state index in [0.29, 0.717) is 0 Å². The molecule has 1 aromatic heterocycles. The molecule has 5 aromatic carbocycles. The summed E-state index contributed by atoms with van der Waals surface area (Å²) in [6.07, 6.45) is 8.26. The number of aryl methyl sites for hydroxylation is 1. The van der Waals surface area contributed by atoms with Gasteiger partial charge in [-0.25, -0.2) is 0 Å². The lowest BCUT2D eigenvalue weighted by Gasteiger charge is -2.18. The van der Waals surface area contributed by atoms with E-state index in [2.05, 4.69) is 128 Å². The molecule has 0 atom stereocenters. The Labute approximate surface area is 229 Å². The van der Waals surface area contributed by atoms with Gasteiger partial charge in [0.2, 0.25) is 0 Å². The third kappa shape index (κ3) is 4.11. The van der Waals surface area contributed by atoms with E-state index in [1.165, 1.54) is 60.5 Å². The number of dihydropyridines is 1. The SMILES string of the molecule is Cc1cccnc1-c1cccc(-c2c3ccccc3c(-c3ccc(C4=CCNC=C4)cc3)c3ccccc23)c1. The van der Waals surface area contributed by atoms with Gasteiger partial charge in [0, 0.05) is 18.3 Å². The molecule has 0 aliphatic carbocycles. The second-order valence-electron chi connectivity index (χ2n) is 10.1. The quantitative estimate of drug-likeness (QED) is 0.244. The first-order chi connectivity index (χ1) is 19.3. The molecular weight excluding hydrogens is 472 g/mol. The maximum Gasteiger partial charge on any atom is 0.0731 e. The fourth-order valence-electron chi connectivity index (χ4n) is 5.86. The zero-order chi connectivity index (χ0) is 26.2. The number of benzene rings is 5. The summed E-state index contributed by atoms with van der Waals surface area (Å²) in [6.45, 7) is 2.99. The first-order valence-corrected chi connectivity index (χ1v) is 13.4. The molecule has 0 spiro atoms. The fourth-order valence-corrected chi connectivity index (χ4v) is 5.86. The molecule has 0 radical (unpaired) electrons.